The van der Waals surface area contributed by atoms with Crippen LogP contribution in [-0.2, 0) is 0 Å². The Hall–Kier alpha value is -3.59. The number of amides is 1. The first-order valence-electron chi connectivity index (χ1n) is 12.3. The Kier molecular flexibility index (Phi) is 8.66. The van der Waals surface area contributed by atoms with Crippen LogP contribution in [0.5, 0.6) is 5.75 Å². The van der Waals surface area contributed by atoms with Crippen LogP contribution in [0.4, 0.5) is 5.69 Å². The van der Waals surface area contributed by atoms with Crippen LogP contribution in [-0.4, -0.2) is 57.8 Å². The van der Waals surface area contributed by atoms with E-state index in [1.54, 1.807) is 24.3 Å². The first-order chi connectivity index (χ1) is 17.6. The lowest BCUT2D eigenvalue weighted by atomic mass is 10.0. The van der Waals surface area contributed by atoms with Crippen LogP contribution in [0.3, 0.4) is 0 Å². The number of H-pyrrole nitrogens is 1. The number of carbonyl (C=O) groups is 1. The quantitative estimate of drug-likeness (QED) is 0.324. The number of benzene rings is 3. The van der Waals surface area contributed by atoms with Gasteiger partial charge in [-0.2, -0.15) is 0 Å². The maximum atomic E-state index is 12.5. The van der Waals surface area contributed by atoms with Gasteiger partial charge in [0.05, 0.1) is 16.7 Å². The lowest BCUT2D eigenvalue weighted by Gasteiger charge is -2.33. The lowest BCUT2D eigenvalue weighted by molar-refractivity contribution is 0.0561. The Labute approximate surface area is 221 Å². The molecule has 5 rings (SSSR count). The molecule has 3 aromatic carbocycles. The Morgan fingerprint density at radius 3 is 2.46 bits per heavy atom. The fourth-order valence-electron chi connectivity index (χ4n) is 4.81. The molecule has 1 saturated heterocycles. The number of carbonyl (C=O) groups excluding carboxylic acids is 1. The largest absolute Gasteiger partial charge is 0.489 e. The minimum Gasteiger partial charge on any atom is -0.489 e. The zero-order valence-electron chi connectivity index (χ0n) is 20.4. The molecule has 1 fully saturated rings. The molecule has 1 amide bonds. The van der Waals surface area contributed by atoms with E-state index in [-0.39, 0.29) is 36.7 Å². The number of anilines is 1. The second kappa shape index (κ2) is 12.1. The number of fused-ring (bicyclic) bond motifs is 1. The number of ether oxygens (including phenoxy) is 1. The third-order valence-corrected chi connectivity index (χ3v) is 6.62. The van der Waals surface area contributed by atoms with Gasteiger partial charge in [0.25, 0.3) is 5.91 Å². The molecule has 37 heavy (non-hydrogen) atoms. The van der Waals surface area contributed by atoms with E-state index < -0.39 is 6.10 Å². The second-order valence-electron chi connectivity index (χ2n) is 9.13. The van der Waals surface area contributed by atoms with E-state index in [1.807, 2.05) is 59.2 Å². The normalized spacial score (nSPS) is 15.2. The van der Waals surface area contributed by atoms with Gasteiger partial charge < -0.3 is 25.0 Å². The van der Waals surface area contributed by atoms with Crippen LogP contribution < -0.4 is 15.7 Å². The Morgan fingerprint density at radius 1 is 1.00 bits per heavy atom. The molecule has 1 aliphatic rings. The summed E-state index contributed by atoms with van der Waals surface area (Å²) in [5.74, 6) is 0.294. The highest BCUT2D eigenvalue weighted by Gasteiger charge is 2.25. The Balaban J connectivity index is 0.00000320. The Morgan fingerprint density at radius 2 is 1.68 bits per heavy atom. The fourth-order valence-corrected chi connectivity index (χ4v) is 4.81. The van der Waals surface area contributed by atoms with E-state index >= 15 is 0 Å². The molecule has 194 valence electrons. The number of aliphatic hydroxyl groups excluding tert-OH is 1. The summed E-state index contributed by atoms with van der Waals surface area (Å²) in [6.07, 6.45) is 0.989. The SMILES string of the molecule is Cl.O=C(Nc1ccccc1OCC(O)CN1CCC(n2c(=O)[nH]c3ccccc32)CC1)c1ccccc1. The molecule has 3 N–H and O–H groups in total. The molecule has 1 atom stereocenters. The molecule has 1 aromatic heterocycles. The number of halogens is 1. The van der Waals surface area contributed by atoms with Crippen molar-refractivity contribution in [3.8, 4) is 5.75 Å². The smallest absolute Gasteiger partial charge is 0.326 e. The minimum absolute atomic E-state index is 0. The van der Waals surface area contributed by atoms with E-state index in [2.05, 4.69) is 15.2 Å². The Bertz CT molecular complexity index is 1380. The van der Waals surface area contributed by atoms with Gasteiger partial charge in [0, 0.05) is 31.2 Å². The third kappa shape index (κ3) is 6.22. The number of β-amino-alcohol motifs (C(OH)–C–C–N with tert-alkyl or cyclic N) is 1. The summed E-state index contributed by atoms with van der Waals surface area (Å²) < 4.78 is 7.75. The molecule has 4 aromatic rings. The summed E-state index contributed by atoms with van der Waals surface area (Å²) in [4.78, 5) is 30.2. The molecule has 1 unspecified atom stereocenters. The second-order valence-corrected chi connectivity index (χ2v) is 9.13. The molecular formula is C28H31ClN4O4. The molecule has 1 aliphatic heterocycles. The van der Waals surface area contributed by atoms with Gasteiger partial charge in [-0.15, -0.1) is 12.4 Å². The van der Waals surface area contributed by atoms with E-state index in [9.17, 15) is 14.7 Å². The van der Waals surface area contributed by atoms with Crippen LogP contribution in [0.25, 0.3) is 11.0 Å². The van der Waals surface area contributed by atoms with E-state index in [1.165, 1.54) is 0 Å². The van der Waals surface area contributed by atoms with Crippen molar-refractivity contribution in [2.75, 3.05) is 31.6 Å². The van der Waals surface area contributed by atoms with Crippen molar-refractivity contribution in [2.45, 2.75) is 25.0 Å². The van der Waals surface area contributed by atoms with Gasteiger partial charge in [-0.25, -0.2) is 4.79 Å². The molecule has 0 saturated carbocycles. The molecule has 9 heteroatoms. The van der Waals surface area contributed by atoms with Gasteiger partial charge in [-0.3, -0.25) is 9.36 Å². The number of likely N-dealkylation sites (tertiary alicyclic amines) is 1. The lowest BCUT2D eigenvalue weighted by Crippen LogP contribution is -2.42. The monoisotopic (exact) mass is 522 g/mol. The number of nitrogens with zero attached hydrogens (tertiary/aromatic N) is 2. The van der Waals surface area contributed by atoms with Crippen LogP contribution in [0.15, 0.2) is 83.7 Å². The fraction of sp³-hybridized carbons (Fsp3) is 0.286. The van der Waals surface area contributed by atoms with Crippen molar-refractivity contribution in [3.05, 3.63) is 94.9 Å². The molecule has 0 radical (unpaired) electrons. The van der Waals surface area contributed by atoms with Crippen molar-refractivity contribution in [1.29, 1.82) is 0 Å². The van der Waals surface area contributed by atoms with Crippen molar-refractivity contribution >= 4 is 35.0 Å². The van der Waals surface area contributed by atoms with Crippen LogP contribution in [0, 0.1) is 0 Å². The first-order valence-corrected chi connectivity index (χ1v) is 12.3. The maximum Gasteiger partial charge on any atom is 0.326 e. The predicted molar refractivity (Wildman–Crippen MR) is 147 cm³/mol. The average molecular weight is 523 g/mol. The van der Waals surface area contributed by atoms with Crippen LogP contribution in [0.2, 0.25) is 0 Å². The van der Waals surface area contributed by atoms with Crippen molar-refractivity contribution in [3.63, 3.8) is 0 Å². The average Bonchev–Trinajstić information content (AvgIpc) is 3.25. The third-order valence-electron chi connectivity index (χ3n) is 6.62. The standard InChI is InChI=1S/C28H30N4O4.ClH/c33-22(19-36-26-13-7-5-11-24(26)29-27(34)20-8-2-1-3-9-20)18-31-16-14-21(15-17-31)32-25-12-6-4-10-23(25)30-28(32)35;/h1-13,21-22,33H,14-19H2,(H,29,34)(H,30,35);1H. The van der Waals surface area contributed by atoms with Crippen molar-refractivity contribution in [1.82, 2.24) is 14.5 Å². The van der Waals surface area contributed by atoms with Gasteiger partial charge in [-0.05, 0) is 49.2 Å². The summed E-state index contributed by atoms with van der Waals surface area (Å²) >= 11 is 0. The number of para-hydroxylation sites is 4. The number of aliphatic hydroxyl groups is 1. The van der Waals surface area contributed by atoms with E-state index in [4.69, 9.17) is 4.74 Å². The summed E-state index contributed by atoms with van der Waals surface area (Å²) in [5, 5.41) is 13.5. The number of piperidine rings is 1. The highest BCUT2D eigenvalue weighted by Crippen LogP contribution is 2.26. The molecular weight excluding hydrogens is 492 g/mol. The summed E-state index contributed by atoms with van der Waals surface area (Å²) in [6.45, 7) is 2.17. The van der Waals surface area contributed by atoms with Crippen LogP contribution >= 0.6 is 12.4 Å². The number of nitrogens with one attached hydrogen (secondary N) is 2. The number of aromatic amines is 1. The van der Waals surface area contributed by atoms with E-state index in [0.29, 0.717) is 23.5 Å². The van der Waals surface area contributed by atoms with Gasteiger partial charge in [0.15, 0.2) is 0 Å². The summed E-state index contributed by atoms with van der Waals surface area (Å²) in [6, 6.07) is 24.1. The zero-order valence-corrected chi connectivity index (χ0v) is 21.2. The number of rotatable bonds is 8. The first kappa shape index (κ1) is 26.5. The number of hydrogen-bond acceptors (Lipinski definition) is 5. The molecule has 8 nitrogen and oxygen atoms in total. The molecule has 0 aliphatic carbocycles. The molecule has 0 spiro atoms. The number of hydrogen-bond donors (Lipinski definition) is 3. The highest BCUT2D eigenvalue weighted by atomic mass is 35.5. The summed E-state index contributed by atoms with van der Waals surface area (Å²) in [7, 11) is 0. The minimum atomic E-state index is -0.685. The van der Waals surface area contributed by atoms with Gasteiger partial charge in [0.1, 0.15) is 18.5 Å². The van der Waals surface area contributed by atoms with Crippen LogP contribution in [0.1, 0.15) is 29.2 Å². The summed E-state index contributed by atoms with van der Waals surface area (Å²) in [5.41, 5.74) is 2.85. The topological polar surface area (TPSA) is 99.6 Å². The number of aromatic nitrogens is 2. The predicted octanol–water partition coefficient (Wildman–Crippen LogP) is 4.08. The number of imidazole rings is 1. The zero-order chi connectivity index (χ0) is 24.9. The molecule has 2 heterocycles. The maximum absolute atomic E-state index is 12.5. The van der Waals surface area contributed by atoms with E-state index in [0.717, 1.165) is 37.0 Å². The van der Waals surface area contributed by atoms with Gasteiger partial charge in [0.2, 0.25) is 0 Å². The van der Waals surface area contributed by atoms with Gasteiger partial charge in [-0.1, -0.05) is 42.5 Å². The molecule has 0 bridgehead atoms. The van der Waals surface area contributed by atoms with Gasteiger partial charge >= 0.3 is 5.69 Å². The highest BCUT2D eigenvalue weighted by molar-refractivity contribution is 6.04. The van der Waals surface area contributed by atoms with Crippen molar-refractivity contribution in [2.24, 2.45) is 0 Å². The van der Waals surface area contributed by atoms with Crippen molar-refractivity contribution < 1.29 is 14.6 Å².